The lowest BCUT2D eigenvalue weighted by Gasteiger charge is -2.22. The van der Waals surface area contributed by atoms with E-state index < -0.39 is 0 Å². The Hall–Kier alpha value is -2.29. The molecule has 1 aliphatic rings. The van der Waals surface area contributed by atoms with Crippen molar-refractivity contribution in [3.8, 4) is 5.75 Å². The molecule has 0 bridgehead atoms. The van der Waals surface area contributed by atoms with Crippen LogP contribution in [0.5, 0.6) is 5.75 Å². The molecule has 2 aromatic rings. The van der Waals surface area contributed by atoms with Crippen LogP contribution in [-0.4, -0.2) is 62.5 Å². The van der Waals surface area contributed by atoms with Crippen LogP contribution in [0.4, 0.5) is 0 Å². The first-order chi connectivity index (χ1) is 14.5. The van der Waals surface area contributed by atoms with E-state index in [-0.39, 0.29) is 29.9 Å². The molecule has 1 saturated heterocycles. The molecule has 2 aromatic carbocycles. The fourth-order valence-corrected chi connectivity index (χ4v) is 3.70. The summed E-state index contributed by atoms with van der Waals surface area (Å²) in [4.78, 5) is 20.8. The zero-order chi connectivity index (χ0) is 21.5. The van der Waals surface area contributed by atoms with Gasteiger partial charge in [0.1, 0.15) is 5.75 Å². The second-order valence-corrected chi connectivity index (χ2v) is 7.77. The van der Waals surface area contributed by atoms with Gasteiger partial charge in [-0.2, -0.15) is 0 Å². The first-order valence-corrected chi connectivity index (χ1v) is 10.5. The van der Waals surface area contributed by atoms with Gasteiger partial charge in [0.15, 0.2) is 5.96 Å². The van der Waals surface area contributed by atoms with Crippen LogP contribution in [0.15, 0.2) is 53.5 Å². The van der Waals surface area contributed by atoms with Gasteiger partial charge in [0.2, 0.25) is 0 Å². The lowest BCUT2D eigenvalue weighted by Crippen LogP contribution is -2.40. The van der Waals surface area contributed by atoms with Crippen LogP contribution < -0.4 is 10.1 Å². The summed E-state index contributed by atoms with van der Waals surface area (Å²) in [6.07, 6.45) is 1.11. The second-order valence-electron chi connectivity index (χ2n) is 7.77. The van der Waals surface area contributed by atoms with Gasteiger partial charge >= 0.3 is 0 Å². The molecule has 3 rings (SSSR count). The third kappa shape index (κ3) is 6.59. The van der Waals surface area contributed by atoms with Gasteiger partial charge in [0.25, 0.3) is 5.91 Å². The minimum Gasteiger partial charge on any atom is -0.497 e. The van der Waals surface area contributed by atoms with Gasteiger partial charge in [-0.15, -0.1) is 24.0 Å². The molecule has 6 nitrogen and oxygen atoms in total. The lowest BCUT2D eigenvalue weighted by atomic mass is 9.98. The van der Waals surface area contributed by atoms with Crippen LogP contribution in [0.1, 0.15) is 40.7 Å². The van der Waals surface area contributed by atoms with Crippen molar-refractivity contribution in [3.05, 3.63) is 65.2 Å². The molecule has 0 spiro atoms. The van der Waals surface area contributed by atoms with Crippen molar-refractivity contribution in [1.29, 1.82) is 0 Å². The summed E-state index contributed by atoms with van der Waals surface area (Å²) in [6.45, 7) is 5.45. The molecule has 1 amide bonds. The number of carbonyl (C=O) groups excluding carboxylic acids is 1. The standard InChI is InChI=1S/C24H32N4O2.HI/c1-5-25-24(26-16-18-6-8-20(9-7-18)23(29)27(2)3)28-15-14-21(17-28)19-10-12-22(30-4)13-11-19;/h6-13,21H,5,14-17H2,1-4H3,(H,25,26);1H. The molecular formula is C24H33IN4O2. The van der Waals surface area contributed by atoms with E-state index in [2.05, 4.69) is 29.3 Å². The van der Waals surface area contributed by atoms with Crippen LogP contribution in [0.3, 0.4) is 0 Å². The number of carbonyl (C=O) groups is 1. The molecule has 0 radical (unpaired) electrons. The Labute approximate surface area is 202 Å². The van der Waals surface area contributed by atoms with Crippen LogP contribution in [0.2, 0.25) is 0 Å². The zero-order valence-corrected chi connectivity index (χ0v) is 21.1. The number of hydrogen-bond acceptors (Lipinski definition) is 3. The molecule has 168 valence electrons. The van der Waals surface area contributed by atoms with Crippen LogP contribution >= 0.6 is 24.0 Å². The quantitative estimate of drug-likeness (QED) is 0.345. The maximum Gasteiger partial charge on any atom is 0.253 e. The third-order valence-corrected chi connectivity index (χ3v) is 5.43. The predicted octanol–water partition coefficient (Wildman–Crippen LogP) is 3.97. The van der Waals surface area contributed by atoms with E-state index >= 15 is 0 Å². The normalized spacial score (nSPS) is 15.9. The van der Waals surface area contributed by atoms with Crippen molar-refractivity contribution >= 4 is 35.8 Å². The molecule has 1 fully saturated rings. The Morgan fingerprint density at radius 2 is 1.84 bits per heavy atom. The van der Waals surface area contributed by atoms with Gasteiger partial charge < -0.3 is 19.9 Å². The number of hydrogen-bond donors (Lipinski definition) is 1. The monoisotopic (exact) mass is 536 g/mol. The number of ether oxygens (including phenoxy) is 1. The average molecular weight is 536 g/mol. The SMILES string of the molecule is CCNC(=NCc1ccc(C(=O)N(C)C)cc1)N1CCC(c2ccc(OC)cc2)C1.I. The summed E-state index contributed by atoms with van der Waals surface area (Å²) < 4.78 is 5.27. The largest absolute Gasteiger partial charge is 0.497 e. The molecule has 1 N–H and O–H groups in total. The fraction of sp³-hybridized carbons (Fsp3) is 0.417. The highest BCUT2D eigenvalue weighted by molar-refractivity contribution is 14.0. The molecule has 0 aromatic heterocycles. The maximum atomic E-state index is 12.0. The highest BCUT2D eigenvalue weighted by atomic mass is 127. The number of guanidine groups is 1. The number of rotatable bonds is 6. The minimum absolute atomic E-state index is 0. The van der Waals surface area contributed by atoms with Gasteiger partial charge in [-0.05, 0) is 48.7 Å². The Morgan fingerprint density at radius 3 is 2.42 bits per heavy atom. The average Bonchev–Trinajstić information content (AvgIpc) is 3.26. The number of benzene rings is 2. The number of nitrogens with zero attached hydrogens (tertiary/aromatic N) is 3. The van der Waals surface area contributed by atoms with E-state index in [1.807, 2.05) is 36.4 Å². The van der Waals surface area contributed by atoms with E-state index in [4.69, 9.17) is 9.73 Å². The van der Waals surface area contributed by atoms with Gasteiger partial charge in [-0.1, -0.05) is 24.3 Å². The minimum atomic E-state index is 0. The van der Waals surface area contributed by atoms with Gasteiger partial charge in [0, 0.05) is 45.2 Å². The first kappa shape index (κ1) is 25.0. The Bertz CT molecular complexity index is 866. The maximum absolute atomic E-state index is 12.0. The van der Waals surface area contributed by atoms with E-state index in [0.717, 1.165) is 43.3 Å². The topological polar surface area (TPSA) is 57.2 Å². The molecule has 0 aliphatic carbocycles. The summed E-state index contributed by atoms with van der Waals surface area (Å²) in [5.74, 6) is 2.35. The molecular weight excluding hydrogens is 503 g/mol. The lowest BCUT2D eigenvalue weighted by molar-refractivity contribution is 0.0827. The number of likely N-dealkylation sites (tertiary alicyclic amines) is 1. The molecule has 31 heavy (non-hydrogen) atoms. The van der Waals surface area contributed by atoms with Crippen molar-refractivity contribution in [2.75, 3.05) is 40.8 Å². The summed E-state index contributed by atoms with van der Waals surface area (Å²) in [5, 5.41) is 3.42. The third-order valence-electron chi connectivity index (χ3n) is 5.43. The zero-order valence-electron chi connectivity index (χ0n) is 18.8. The number of nitrogens with one attached hydrogen (secondary N) is 1. The van der Waals surface area contributed by atoms with E-state index in [9.17, 15) is 4.79 Å². The fourth-order valence-electron chi connectivity index (χ4n) is 3.70. The van der Waals surface area contributed by atoms with Crippen molar-refractivity contribution in [1.82, 2.24) is 15.1 Å². The Morgan fingerprint density at radius 1 is 1.16 bits per heavy atom. The number of methoxy groups -OCH3 is 1. The van der Waals surface area contributed by atoms with Crippen molar-refractivity contribution < 1.29 is 9.53 Å². The summed E-state index contributed by atoms with van der Waals surface area (Å²) in [5.41, 5.74) is 3.13. The van der Waals surface area contributed by atoms with E-state index in [1.54, 1.807) is 26.1 Å². The van der Waals surface area contributed by atoms with Crippen LogP contribution in [-0.2, 0) is 6.54 Å². The van der Waals surface area contributed by atoms with Crippen molar-refractivity contribution in [2.24, 2.45) is 4.99 Å². The van der Waals surface area contributed by atoms with E-state index in [1.165, 1.54) is 5.56 Å². The molecule has 1 atom stereocenters. The second kappa shape index (κ2) is 11.9. The molecule has 1 unspecified atom stereocenters. The Balaban J connectivity index is 0.00000341. The van der Waals surface area contributed by atoms with E-state index in [0.29, 0.717) is 18.0 Å². The molecule has 1 heterocycles. The first-order valence-electron chi connectivity index (χ1n) is 10.5. The van der Waals surface area contributed by atoms with Gasteiger partial charge in [-0.25, -0.2) is 4.99 Å². The predicted molar refractivity (Wildman–Crippen MR) is 137 cm³/mol. The smallest absolute Gasteiger partial charge is 0.253 e. The van der Waals surface area contributed by atoms with Crippen molar-refractivity contribution in [3.63, 3.8) is 0 Å². The van der Waals surface area contributed by atoms with Gasteiger partial charge in [0.05, 0.1) is 13.7 Å². The summed E-state index contributed by atoms with van der Waals surface area (Å²) in [7, 11) is 5.22. The summed E-state index contributed by atoms with van der Waals surface area (Å²) in [6, 6.07) is 16.1. The number of aliphatic imine (C=N–C) groups is 1. The number of halogens is 1. The van der Waals surface area contributed by atoms with Crippen LogP contribution in [0, 0.1) is 0 Å². The Kier molecular flexibility index (Phi) is 9.61. The highest BCUT2D eigenvalue weighted by Gasteiger charge is 2.26. The molecule has 7 heteroatoms. The molecule has 0 saturated carbocycles. The highest BCUT2D eigenvalue weighted by Crippen LogP contribution is 2.28. The van der Waals surface area contributed by atoms with Gasteiger partial charge in [-0.3, -0.25) is 4.79 Å². The van der Waals surface area contributed by atoms with Crippen molar-refractivity contribution in [2.45, 2.75) is 25.8 Å². The molecule has 1 aliphatic heterocycles. The summed E-state index contributed by atoms with van der Waals surface area (Å²) >= 11 is 0. The van der Waals surface area contributed by atoms with Crippen LogP contribution in [0.25, 0.3) is 0 Å². The number of amides is 1.